The van der Waals surface area contributed by atoms with Crippen molar-refractivity contribution in [3.8, 4) is 27.7 Å². The van der Waals surface area contributed by atoms with Crippen LogP contribution in [-0.2, 0) is 0 Å². The molecular weight excluding hydrogens is 446 g/mol. The van der Waals surface area contributed by atoms with E-state index in [1.54, 1.807) is 42.5 Å². The number of hydrogen-bond donors (Lipinski definition) is 2. The summed E-state index contributed by atoms with van der Waals surface area (Å²) < 4.78 is 7.00. The summed E-state index contributed by atoms with van der Waals surface area (Å²) in [6.07, 6.45) is 1.17. The highest BCUT2D eigenvalue weighted by atomic mass is 32.1. The van der Waals surface area contributed by atoms with Crippen LogP contribution in [0.4, 0.5) is 0 Å². The highest BCUT2D eigenvalue weighted by molar-refractivity contribution is 7.22. The van der Waals surface area contributed by atoms with Gasteiger partial charge in [-0.3, -0.25) is 9.69 Å². The van der Waals surface area contributed by atoms with Gasteiger partial charge in [0.25, 0.3) is 0 Å². The van der Waals surface area contributed by atoms with Gasteiger partial charge in [-0.05, 0) is 92.6 Å². The average molecular weight is 474 g/mol. The summed E-state index contributed by atoms with van der Waals surface area (Å²) in [5.41, 5.74) is 2.02. The summed E-state index contributed by atoms with van der Waals surface area (Å²) in [6, 6.07) is 19.8. The van der Waals surface area contributed by atoms with Gasteiger partial charge < -0.3 is 14.9 Å². The molecule has 0 amide bonds. The fourth-order valence-electron chi connectivity index (χ4n) is 4.47. The first kappa shape index (κ1) is 22.4. The molecule has 2 N–H and O–H groups in total. The lowest BCUT2D eigenvalue weighted by Crippen LogP contribution is -2.30. The Morgan fingerprint density at radius 1 is 1.00 bits per heavy atom. The molecule has 1 aliphatic rings. The van der Waals surface area contributed by atoms with Gasteiger partial charge in [0.2, 0.25) is 0 Å². The van der Waals surface area contributed by atoms with Crippen molar-refractivity contribution in [2.24, 2.45) is 0 Å². The number of aromatic hydroxyl groups is 2. The van der Waals surface area contributed by atoms with E-state index in [0.29, 0.717) is 17.2 Å². The lowest BCUT2D eigenvalue weighted by molar-refractivity contribution is 0.104. The largest absolute Gasteiger partial charge is 0.508 e. The van der Waals surface area contributed by atoms with Crippen molar-refractivity contribution in [3.63, 3.8) is 0 Å². The number of phenolic OH excluding ortho intramolecular Hbond substituents is 2. The number of ether oxygens (including phenoxy) is 1. The second-order valence-electron chi connectivity index (χ2n) is 9.00. The van der Waals surface area contributed by atoms with Crippen molar-refractivity contribution in [1.82, 2.24) is 4.90 Å². The molecule has 34 heavy (non-hydrogen) atoms. The van der Waals surface area contributed by atoms with Crippen LogP contribution in [0.25, 0.3) is 20.5 Å². The molecular formula is C28H27NO4S. The summed E-state index contributed by atoms with van der Waals surface area (Å²) in [4.78, 5) is 16.9. The van der Waals surface area contributed by atoms with Gasteiger partial charge in [-0.15, -0.1) is 11.3 Å². The number of thiophene rings is 1. The van der Waals surface area contributed by atoms with Gasteiger partial charge in [0.05, 0.1) is 0 Å². The van der Waals surface area contributed by atoms with Crippen LogP contribution in [0.1, 0.15) is 36.2 Å². The van der Waals surface area contributed by atoms with Gasteiger partial charge in [0.15, 0.2) is 5.78 Å². The first-order valence-corrected chi connectivity index (χ1v) is 12.3. The summed E-state index contributed by atoms with van der Waals surface area (Å²) >= 11 is 1.46. The predicted octanol–water partition coefficient (Wildman–Crippen LogP) is 6.07. The molecule has 5 rings (SSSR count). The zero-order valence-corrected chi connectivity index (χ0v) is 20.0. The smallest absolute Gasteiger partial charge is 0.195 e. The fourth-order valence-corrected chi connectivity index (χ4v) is 5.71. The average Bonchev–Trinajstić information content (AvgIpc) is 3.44. The Morgan fingerprint density at radius 2 is 1.71 bits per heavy atom. The molecule has 0 unspecified atom stereocenters. The predicted molar refractivity (Wildman–Crippen MR) is 136 cm³/mol. The third-order valence-corrected chi connectivity index (χ3v) is 7.56. The van der Waals surface area contributed by atoms with Crippen molar-refractivity contribution >= 4 is 27.2 Å². The number of phenols is 2. The SMILES string of the molecule is CC(C)N1CC[C@@H](Oc2ccc(C(=O)c3c(-c4ccc(O)cc4)sc4cc(O)ccc34)cc2)C1. The summed E-state index contributed by atoms with van der Waals surface area (Å²) in [5.74, 6) is 1.02. The highest BCUT2D eigenvalue weighted by Gasteiger charge is 2.26. The first-order chi connectivity index (χ1) is 16.4. The number of carbonyl (C=O) groups excluding carboxylic acids is 1. The monoisotopic (exact) mass is 473 g/mol. The molecule has 4 aromatic rings. The molecule has 0 radical (unpaired) electrons. The van der Waals surface area contributed by atoms with Crippen LogP contribution in [0.3, 0.4) is 0 Å². The number of benzene rings is 3. The van der Waals surface area contributed by atoms with Crippen LogP contribution >= 0.6 is 11.3 Å². The zero-order valence-electron chi connectivity index (χ0n) is 19.2. The minimum atomic E-state index is -0.0848. The van der Waals surface area contributed by atoms with Crippen LogP contribution < -0.4 is 4.74 Å². The van der Waals surface area contributed by atoms with Crippen LogP contribution in [0.15, 0.2) is 66.7 Å². The van der Waals surface area contributed by atoms with Crippen molar-refractivity contribution in [1.29, 1.82) is 0 Å². The maximum absolute atomic E-state index is 13.7. The fraction of sp³-hybridized carbons (Fsp3) is 0.250. The number of nitrogens with zero attached hydrogens (tertiary/aromatic N) is 1. The Labute approximate surface area is 202 Å². The van der Waals surface area contributed by atoms with Gasteiger partial charge in [0.1, 0.15) is 23.4 Å². The minimum Gasteiger partial charge on any atom is -0.508 e. The van der Waals surface area contributed by atoms with E-state index in [0.717, 1.165) is 45.8 Å². The van der Waals surface area contributed by atoms with E-state index in [1.165, 1.54) is 11.3 Å². The Hall–Kier alpha value is -3.35. The third-order valence-electron chi connectivity index (χ3n) is 6.36. The molecule has 0 bridgehead atoms. The molecule has 3 aromatic carbocycles. The molecule has 174 valence electrons. The van der Waals surface area contributed by atoms with Gasteiger partial charge >= 0.3 is 0 Å². The molecule has 1 aromatic heterocycles. The van der Waals surface area contributed by atoms with E-state index in [1.807, 2.05) is 24.3 Å². The number of likely N-dealkylation sites (tertiary alicyclic amines) is 1. The van der Waals surface area contributed by atoms with Crippen LogP contribution in [0.5, 0.6) is 17.2 Å². The quantitative estimate of drug-likeness (QED) is 0.333. The number of hydrogen-bond acceptors (Lipinski definition) is 6. The third kappa shape index (κ3) is 4.39. The lowest BCUT2D eigenvalue weighted by Gasteiger charge is -2.20. The lowest BCUT2D eigenvalue weighted by atomic mass is 9.97. The van der Waals surface area contributed by atoms with E-state index in [4.69, 9.17) is 4.74 Å². The zero-order chi connectivity index (χ0) is 23.8. The van der Waals surface area contributed by atoms with E-state index in [2.05, 4.69) is 18.7 Å². The van der Waals surface area contributed by atoms with E-state index < -0.39 is 0 Å². The normalized spacial score (nSPS) is 16.4. The Bertz CT molecular complexity index is 1330. The van der Waals surface area contributed by atoms with Crippen molar-refractivity contribution in [2.75, 3.05) is 13.1 Å². The van der Waals surface area contributed by atoms with Crippen molar-refractivity contribution in [2.45, 2.75) is 32.4 Å². The molecule has 1 aliphatic heterocycles. The standard InChI is InChI=1S/C28H27NO4S/c1-17(2)29-14-13-23(16-29)33-22-10-5-18(6-11-22)27(32)26-24-12-9-21(31)15-25(24)34-28(26)19-3-7-20(30)8-4-19/h3-12,15,17,23,30-31H,13-14,16H2,1-2H3/t23-/m1/s1. The molecule has 0 aliphatic carbocycles. The maximum atomic E-state index is 13.7. The number of ketones is 1. The molecule has 2 heterocycles. The minimum absolute atomic E-state index is 0.0848. The molecule has 1 saturated heterocycles. The van der Waals surface area contributed by atoms with Crippen LogP contribution in [0, 0.1) is 0 Å². The number of rotatable bonds is 6. The van der Waals surface area contributed by atoms with Gasteiger partial charge in [-0.2, -0.15) is 0 Å². The molecule has 5 nitrogen and oxygen atoms in total. The second-order valence-corrected chi connectivity index (χ2v) is 10.1. The van der Waals surface area contributed by atoms with Crippen LogP contribution in [0.2, 0.25) is 0 Å². The Balaban J connectivity index is 1.45. The van der Waals surface area contributed by atoms with Gasteiger partial charge in [0, 0.05) is 45.2 Å². The molecule has 6 heteroatoms. The maximum Gasteiger partial charge on any atom is 0.195 e. The Kier molecular flexibility index (Phi) is 6.02. The van der Waals surface area contributed by atoms with Gasteiger partial charge in [-0.1, -0.05) is 0 Å². The topological polar surface area (TPSA) is 70.0 Å². The number of carbonyl (C=O) groups is 1. The molecule has 0 saturated carbocycles. The van der Waals surface area contributed by atoms with Gasteiger partial charge in [-0.25, -0.2) is 0 Å². The molecule has 1 atom stereocenters. The van der Waals surface area contributed by atoms with Crippen molar-refractivity contribution in [3.05, 3.63) is 77.9 Å². The van der Waals surface area contributed by atoms with E-state index in [9.17, 15) is 15.0 Å². The van der Waals surface area contributed by atoms with E-state index >= 15 is 0 Å². The highest BCUT2D eigenvalue weighted by Crippen LogP contribution is 2.41. The van der Waals surface area contributed by atoms with E-state index in [-0.39, 0.29) is 23.4 Å². The first-order valence-electron chi connectivity index (χ1n) is 11.5. The molecule has 1 fully saturated rings. The summed E-state index contributed by atoms with van der Waals surface area (Å²) in [6.45, 7) is 6.36. The molecule has 0 spiro atoms. The summed E-state index contributed by atoms with van der Waals surface area (Å²) in [5, 5.41) is 20.5. The van der Waals surface area contributed by atoms with Crippen molar-refractivity contribution < 1.29 is 19.7 Å². The van der Waals surface area contributed by atoms with Crippen LogP contribution in [-0.4, -0.2) is 46.1 Å². The second kappa shape index (κ2) is 9.12. The summed E-state index contributed by atoms with van der Waals surface area (Å²) in [7, 11) is 0. The number of fused-ring (bicyclic) bond motifs is 1. The Morgan fingerprint density at radius 3 is 2.38 bits per heavy atom.